The maximum absolute atomic E-state index is 12.8. The summed E-state index contributed by atoms with van der Waals surface area (Å²) in [5, 5.41) is 5.29. The Morgan fingerprint density at radius 1 is 1.53 bits per heavy atom. The molecule has 0 bridgehead atoms. The maximum atomic E-state index is 12.8. The van der Waals surface area contributed by atoms with Crippen molar-refractivity contribution in [1.29, 1.82) is 0 Å². The first-order chi connectivity index (χ1) is 8.95. The van der Waals surface area contributed by atoms with Gasteiger partial charge in [0.2, 0.25) is 0 Å². The smallest absolute Gasteiger partial charge is 0.433 e. The Morgan fingerprint density at radius 3 is 2.79 bits per heavy atom. The van der Waals surface area contributed by atoms with Gasteiger partial charge >= 0.3 is 12.1 Å². The first-order valence-corrected chi connectivity index (χ1v) is 5.31. The number of rotatable bonds is 3. The van der Waals surface area contributed by atoms with E-state index in [2.05, 4.69) is 9.84 Å². The van der Waals surface area contributed by atoms with Crippen molar-refractivity contribution >= 4 is 5.97 Å². The van der Waals surface area contributed by atoms with Crippen molar-refractivity contribution in [3.05, 3.63) is 29.7 Å². The van der Waals surface area contributed by atoms with Crippen LogP contribution in [0.15, 0.2) is 22.8 Å². The molecule has 0 radical (unpaired) electrons. The van der Waals surface area contributed by atoms with Gasteiger partial charge in [0.15, 0.2) is 11.5 Å². The molecule has 8 heteroatoms. The van der Waals surface area contributed by atoms with Gasteiger partial charge in [-0.2, -0.15) is 18.3 Å². The summed E-state index contributed by atoms with van der Waals surface area (Å²) in [5.74, 6) is -1.05. The molecule has 0 spiro atoms. The molecule has 5 nitrogen and oxygen atoms in total. The zero-order valence-electron chi connectivity index (χ0n) is 9.75. The van der Waals surface area contributed by atoms with Crippen LogP contribution in [0.3, 0.4) is 0 Å². The number of nitrogens with zero attached hydrogens (tertiary/aromatic N) is 1. The highest BCUT2D eigenvalue weighted by atomic mass is 19.4. The van der Waals surface area contributed by atoms with E-state index in [9.17, 15) is 18.0 Å². The van der Waals surface area contributed by atoms with Crippen molar-refractivity contribution in [1.82, 2.24) is 10.2 Å². The highest BCUT2D eigenvalue weighted by Crippen LogP contribution is 2.35. The van der Waals surface area contributed by atoms with Gasteiger partial charge in [0.05, 0.1) is 12.9 Å². The minimum Gasteiger partial charge on any atom is -0.463 e. The van der Waals surface area contributed by atoms with Crippen LogP contribution in [-0.2, 0) is 10.9 Å². The minimum absolute atomic E-state index is 0.0428. The van der Waals surface area contributed by atoms with Gasteiger partial charge in [-0.15, -0.1) is 0 Å². The molecule has 0 fully saturated rings. The Kier molecular flexibility index (Phi) is 3.32. The average molecular weight is 274 g/mol. The molecule has 1 N–H and O–H groups in total. The Hall–Kier alpha value is -2.25. The zero-order valence-corrected chi connectivity index (χ0v) is 9.75. The molecule has 0 atom stereocenters. The van der Waals surface area contributed by atoms with Crippen LogP contribution in [-0.4, -0.2) is 22.8 Å². The van der Waals surface area contributed by atoms with E-state index in [0.717, 1.165) is 0 Å². The molecular weight excluding hydrogens is 265 g/mol. The lowest BCUT2D eigenvalue weighted by atomic mass is 10.1. The second-order valence-electron chi connectivity index (χ2n) is 3.52. The van der Waals surface area contributed by atoms with Crippen LogP contribution < -0.4 is 0 Å². The third-order valence-corrected chi connectivity index (χ3v) is 2.28. The predicted octanol–water partition coefficient (Wildman–Crippen LogP) is 2.87. The summed E-state index contributed by atoms with van der Waals surface area (Å²) in [6, 6.07) is 2.88. The highest BCUT2D eigenvalue weighted by molar-refractivity contribution is 5.97. The number of carbonyl (C=O) groups is 1. The molecule has 0 unspecified atom stereocenters. The van der Waals surface area contributed by atoms with Crippen molar-refractivity contribution in [2.24, 2.45) is 0 Å². The number of nitrogens with one attached hydrogen (secondary N) is 1. The molecule has 102 valence electrons. The van der Waals surface area contributed by atoms with Gasteiger partial charge in [0, 0.05) is 0 Å². The van der Waals surface area contributed by atoms with Crippen LogP contribution >= 0.6 is 0 Å². The van der Waals surface area contributed by atoms with E-state index in [1.807, 2.05) is 0 Å². The number of ether oxygens (including phenoxy) is 1. The van der Waals surface area contributed by atoms with Crippen molar-refractivity contribution in [2.45, 2.75) is 13.1 Å². The first-order valence-electron chi connectivity index (χ1n) is 5.31. The number of H-pyrrole nitrogens is 1. The lowest BCUT2D eigenvalue weighted by Gasteiger charge is -2.07. The first kappa shape index (κ1) is 13.2. The lowest BCUT2D eigenvalue weighted by Crippen LogP contribution is -2.14. The quantitative estimate of drug-likeness (QED) is 0.874. The summed E-state index contributed by atoms with van der Waals surface area (Å²) in [4.78, 5) is 11.7. The summed E-state index contributed by atoms with van der Waals surface area (Å²) in [5.41, 5.74) is -2.16. The van der Waals surface area contributed by atoms with Crippen LogP contribution in [0.5, 0.6) is 0 Å². The topological polar surface area (TPSA) is 68.1 Å². The Bertz CT molecular complexity index is 573. The second kappa shape index (κ2) is 4.79. The number of hydrogen-bond donors (Lipinski definition) is 1. The largest absolute Gasteiger partial charge is 0.463 e. The van der Waals surface area contributed by atoms with E-state index in [0.29, 0.717) is 0 Å². The molecule has 0 aliphatic heterocycles. The molecule has 0 aliphatic carbocycles. The SMILES string of the molecule is CCOC(=O)c1c(-c2ccco2)n[nH]c1C(F)(F)F. The molecule has 0 aromatic carbocycles. The standard InChI is InChI=1S/C11H9F3N2O3/c1-2-18-10(17)7-8(6-4-3-5-19-6)15-16-9(7)11(12,13)14/h3-5H,2H2,1H3,(H,15,16). The second-order valence-corrected chi connectivity index (χ2v) is 3.52. The maximum Gasteiger partial charge on any atom is 0.433 e. The molecular formula is C11H9F3N2O3. The molecule has 0 saturated heterocycles. The molecule has 2 rings (SSSR count). The van der Waals surface area contributed by atoms with Crippen LogP contribution in [0.4, 0.5) is 13.2 Å². The van der Waals surface area contributed by atoms with Gasteiger partial charge in [0.1, 0.15) is 11.3 Å². The van der Waals surface area contributed by atoms with E-state index in [1.165, 1.54) is 25.3 Å². The van der Waals surface area contributed by atoms with Gasteiger partial charge in [-0.3, -0.25) is 5.10 Å². The predicted molar refractivity (Wildman–Crippen MR) is 57.2 cm³/mol. The number of halogens is 3. The Balaban J connectivity index is 2.57. The summed E-state index contributed by atoms with van der Waals surface area (Å²) < 4.78 is 48.0. The number of hydrogen-bond acceptors (Lipinski definition) is 4. The molecule has 0 saturated carbocycles. The van der Waals surface area contributed by atoms with E-state index >= 15 is 0 Å². The fourth-order valence-corrected chi connectivity index (χ4v) is 1.54. The minimum atomic E-state index is -4.74. The van der Waals surface area contributed by atoms with Gasteiger partial charge in [-0.25, -0.2) is 4.79 Å². The van der Waals surface area contributed by atoms with Crippen molar-refractivity contribution in [2.75, 3.05) is 6.61 Å². The highest BCUT2D eigenvalue weighted by Gasteiger charge is 2.40. The van der Waals surface area contributed by atoms with E-state index < -0.39 is 23.4 Å². The molecule has 0 aliphatic rings. The molecule has 19 heavy (non-hydrogen) atoms. The average Bonchev–Trinajstić information content (AvgIpc) is 2.97. The number of furan rings is 1. The number of alkyl halides is 3. The van der Waals surface area contributed by atoms with Crippen molar-refractivity contribution in [3.63, 3.8) is 0 Å². The van der Waals surface area contributed by atoms with Gasteiger partial charge < -0.3 is 9.15 Å². The monoisotopic (exact) mass is 274 g/mol. The van der Waals surface area contributed by atoms with E-state index in [-0.39, 0.29) is 18.1 Å². The van der Waals surface area contributed by atoms with Crippen LogP contribution in [0.1, 0.15) is 23.0 Å². The third-order valence-electron chi connectivity index (χ3n) is 2.28. The molecule has 2 aromatic heterocycles. The molecule has 0 amide bonds. The third kappa shape index (κ3) is 2.47. The summed E-state index contributed by atoms with van der Waals surface area (Å²) in [6.07, 6.45) is -3.47. The van der Waals surface area contributed by atoms with Gasteiger partial charge in [0.25, 0.3) is 0 Å². The lowest BCUT2D eigenvalue weighted by molar-refractivity contribution is -0.141. The Labute approximate surface area is 105 Å². The Morgan fingerprint density at radius 2 is 2.26 bits per heavy atom. The van der Waals surface area contributed by atoms with Gasteiger partial charge in [-0.1, -0.05) is 0 Å². The fourth-order valence-electron chi connectivity index (χ4n) is 1.54. The van der Waals surface area contributed by atoms with Crippen LogP contribution in [0.25, 0.3) is 11.5 Å². The van der Waals surface area contributed by atoms with E-state index in [4.69, 9.17) is 4.42 Å². The van der Waals surface area contributed by atoms with Crippen molar-refractivity contribution < 1.29 is 27.1 Å². The van der Waals surface area contributed by atoms with Gasteiger partial charge in [-0.05, 0) is 19.1 Å². The number of carbonyl (C=O) groups excluding carboxylic acids is 1. The number of aromatic nitrogens is 2. The van der Waals surface area contributed by atoms with Crippen molar-refractivity contribution in [3.8, 4) is 11.5 Å². The van der Waals surface area contributed by atoms with Crippen LogP contribution in [0.2, 0.25) is 0 Å². The summed E-state index contributed by atoms with van der Waals surface area (Å²) in [7, 11) is 0. The number of esters is 1. The van der Waals surface area contributed by atoms with Crippen LogP contribution in [0, 0.1) is 0 Å². The normalized spacial score (nSPS) is 11.6. The molecule has 2 heterocycles. The zero-order chi connectivity index (χ0) is 14.0. The fraction of sp³-hybridized carbons (Fsp3) is 0.273. The summed E-state index contributed by atoms with van der Waals surface area (Å²) in [6.45, 7) is 1.46. The van der Waals surface area contributed by atoms with E-state index in [1.54, 1.807) is 5.10 Å². The number of aromatic amines is 1. The summed E-state index contributed by atoms with van der Waals surface area (Å²) >= 11 is 0. The molecule has 2 aromatic rings.